The van der Waals surface area contributed by atoms with Crippen molar-refractivity contribution in [1.82, 2.24) is 0 Å². The Bertz CT molecular complexity index is 1810. The van der Waals surface area contributed by atoms with E-state index in [1.807, 2.05) is 0 Å². The molecule has 225 valence electrons. The fraction of sp³-hybridized carbons (Fsp3) is 0.293. The van der Waals surface area contributed by atoms with Gasteiger partial charge in [0.25, 0.3) is 0 Å². The zero-order valence-corrected chi connectivity index (χ0v) is 31.2. The molecule has 3 aliphatic rings. The van der Waals surface area contributed by atoms with Crippen LogP contribution in [0.15, 0.2) is 120 Å². The van der Waals surface area contributed by atoms with Crippen LogP contribution < -0.4 is 35.3 Å². The van der Waals surface area contributed by atoms with E-state index < -0.39 is 22.8 Å². The molecule has 0 amide bonds. The first-order chi connectivity index (χ1) is 19.9. The van der Waals surface area contributed by atoms with E-state index in [1.54, 1.807) is 17.6 Å². The summed E-state index contributed by atoms with van der Waals surface area (Å²) in [6.45, 7) is 19.1. The molecule has 0 bridgehead atoms. The number of fused-ring (bicyclic) bond motifs is 2. The SMILES string of the molecule is Cc1cc(C(C)(C)C)cc2c1=C1C=CC(C)(C(C)(C)C)C(C3=CC=CC3)=C1[C]=2[Zr+2]=[C](c1ccccc1)c1ccccc1.[Cl-].[Cl-]. The van der Waals surface area contributed by atoms with Gasteiger partial charge in [-0.25, -0.2) is 0 Å². The molecule has 6 rings (SSSR count). The summed E-state index contributed by atoms with van der Waals surface area (Å²) in [4.78, 5) is 0. The van der Waals surface area contributed by atoms with Gasteiger partial charge in [0, 0.05) is 0 Å². The predicted molar refractivity (Wildman–Crippen MR) is 178 cm³/mol. The summed E-state index contributed by atoms with van der Waals surface area (Å²) in [6, 6.07) is 27.4. The first-order valence-corrected chi connectivity index (χ1v) is 17.8. The van der Waals surface area contributed by atoms with E-state index in [0.717, 1.165) is 6.42 Å². The number of hydrogen-bond donors (Lipinski definition) is 0. The van der Waals surface area contributed by atoms with Crippen LogP contribution in [0.2, 0.25) is 0 Å². The second-order valence-corrected chi connectivity index (χ2v) is 17.4. The van der Waals surface area contributed by atoms with Crippen molar-refractivity contribution < 1.29 is 47.6 Å². The monoisotopic (exact) mass is 695 g/mol. The molecule has 3 aromatic rings. The molecule has 0 saturated heterocycles. The van der Waals surface area contributed by atoms with Crippen molar-refractivity contribution in [3.63, 3.8) is 0 Å². The van der Waals surface area contributed by atoms with Gasteiger partial charge in [-0.2, -0.15) is 0 Å². The van der Waals surface area contributed by atoms with Gasteiger partial charge in [0.1, 0.15) is 0 Å². The van der Waals surface area contributed by atoms with Gasteiger partial charge in [-0.1, -0.05) is 0 Å². The smallest absolute Gasteiger partial charge is 1.00 e. The molecule has 0 N–H and O–H groups in total. The van der Waals surface area contributed by atoms with Crippen molar-refractivity contribution in [2.24, 2.45) is 10.8 Å². The Balaban J connectivity index is 0.00000221. The Kier molecular flexibility index (Phi) is 10.1. The van der Waals surface area contributed by atoms with Gasteiger partial charge >= 0.3 is 265 Å². The van der Waals surface area contributed by atoms with E-state index in [0.29, 0.717) is 0 Å². The maximum Gasteiger partial charge on any atom is -1.00 e. The quantitative estimate of drug-likeness (QED) is 0.394. The van der Waals surface area contributed by atoms with Crippen molar-refractivity contribution in [3.05, 3.63) is 153 Å². The molecule has 0 saturated carbocycles. The van der Waals surface area contributed by atoms with Crippen LogP contribution >= 0.6 is 0 Å². The first-order valence-electron chi connectivity index (χ1n) is 15.4. The average Bonchev–Trinajstić information content (AvgIpc) is 3.58. The van der Waals surface area contributed by atoms with Crippen LogP contribution in [-0.2, 0) is 28.2 Å². The zero-order valence-electron chi connectivity index (χ0n) is 27.3. The Labute approximate surface area is 288 Å². The number of halogens is 2. The van der Waals surface area contributed by atoms with Gasteiger partial charge < -0.3 is 24.8 Å². The number of rotatable bonds is 4. The Hall–Kier alpha value is -2.31. The molecule has 1 atom stereocenters. The Morgan fingerprint density at radius 2 is 1.41 bits per heavy atom. The predicted octanol–water partition coefficient (Wildman–Crippen LogP) is 2.73. The minimum Gasteiger partial charge on any atom is -1.00 e. The molecule has 0 fully saturated rings. The Morgan fingerprint density at radius 1 is 0.818 bits per heavy atom. The van der Waals surface area contributed by atoms with E-state index in [4.69, 9.17) is 0 Å². The van der Waals surface area contributed by atoms with Crippen molar-refractivity contribution in [2.45, 2.75) is 67.2 Å². The summed E-state index contributed by atoms with van der Waals surface area (Å²) < 4.78 is 3.20. The van der Waals surface area contributed by atoms with Crippen LogP contribution in [0.1, 0.15) is 77.1 Å². The maximum absolute atomic E-state index is 2.56. The molecule has 44 heavy (non-hydrogen) atoms. The van der Waals surface area contributed by atoms with E-state index in [2.05, 4.69) is 159 Å². The number of benzene rings is 3. The Morgan fingerprint density at radius 3 is 1.91 bits per heavy atom. The molecule has 0 aliphatic heterocycles. The molecule has 0 aromatic heterocycles. The molecular formula is C41H43Cl2Zr. The molecule has 0 radical (unpaired) electrons. The van der Waals surface area contributed by atoms with Crippen molar-refractivity contribution >= 4 is 12.1 Å². The minimum atomic E-state index is -1.33. The second kappa shape index (κ2) is 12.8. The van der Waals surface area contributed by atoms with E-state index in [-0.39, 0.29) is 41.1 Å². The van der Waals surface area contributed by atoms with Crippen LogP contribution in [0.5, 0.6) is 0 Å². The standard InChI is InChI=1S/C28H33.C13H10.2ClH.Zr/c1-18-15-21(26(2,3)4)16-20-17-23-22(24(18)20)13-14-28(8,27(5,6)7)25(23)19-11-9-10-12-19;1-3-7-12(8-4-1)11-13-9-5-2-6-10-13;;;/h9-11,13-16H,12H2,1-8H3;1-10H;2*1H;/q;;;;+2/p-2. The third kappa shape index (κ3) is 5.98. The topological polar surface area (TPSA) is 0 Å². The second-order valence-electron chi connectivity index (χ2n) is 14.3. The molecule has 3 aromatic carbocycles. The van der Waals surface area contributed by atoms with Crippen LogP contribution in [-0.4, -0.2) is 3.21 Å². The molecular weight excluding hydrogens is 655 g/mol. The summed E-state index contributed by atoms with van der Waals surface area (Å²) in [7, 11) is 0. The van der Waals surface area contributed by atoms with Crippen LogP contribution in [0.25, 0.3) is 8.85 Å². The largest absolute Gasteiger partial charge is 1.00 e. The van der Waals surface area contributed by atoms with E-state index >= 15 is 0 Å². The molecule has 1 unspecified atom stereocenters. The fourth-order valence-electron chi connectivity index (χ4n) is 6.72. The van der Waals surface area contributed by atoms with Crippen LogP contribution in [0.3, 0.4) is 0 Å². The fourth-order valence-corrected chi connectivity index (χ4v) is 10.6. The van der Waals surface area contributed by atoms with Crippen molar-refractivity contribution in [3.8, 4) is 0 Å². The third-order valence-corrected chi connectivity index (χ3v) is 13.6. The molecule has 0 nitrogen and oxygen atoms in total. The normalized spacial score (nSPS) is 18.7. The van der Waals surface area contributed by atoms with Crippen molar-refractivity contribution in [2.75, 3.05) is 0 Å². The zero-order chi connectivity index (χ0) is 29.9. The minimum absolute atomic E-state index is 0. The van der Waals surface area contributed by atoms with Gasteiger partial charge in [-0.3, -0.25) is 0 Å². The maximum atomic E-state index is 2.56. The number of hydrogen-bond acceptors (Lipinski definition) is 0. The first kappa shape index (κ1) is 34.6. The average molecular weight is 698 g/mol. The van der Waals surface area contributed by atoms with E-state index in [9.17, 15) is 0 Å². The number of aryl methyl sites for hydroxylation is 1. The summed E-state index contributed by atoms with van der Waals surface area (Å²) in [5.74, 6) is 0. The van der Waals surface area contributed by atoms with Gasteiger partial charge in [-0.15, -0.1) is 0 Å². The van der Waals surface area contributed by atoms with Crippen LogP contribution in [0, 0.1) is 17.8 Å². The summed E-state index contributed by atoms with van der Waals surface area (Å²) in [6.07, 6.45) is 13.0. The molecule has 0 heterocycles. The van der Waals surface area contributed by atoms with Gasteiger partial charge in [-0.05, 0) is 0 Å². The summed E-state index contributed by atoms with van der Waals surface area (Å²) in [5, 5.41) is 2.96. The summed E-state index contributed by atoms with van der Waals surface area (Å²) in [5.41, 5.74) is 11.7. The molecule has 0 spiro atoms. The van der Waals surface area contributed by atoms with Gasteiger partial charge in [0.2, 0.25) is 0 Å². The van der Waals surface area contributed by atoms with Gasteiger partial charge in [0.05, 0.1) is 0 Å². The van der Waals surface area contributed by atoms with E-state index in [1.165, 1.54) is 43.8 Å². The third-order valence-electron chi connectivity index (χ3n) is 9.64. The molecule has 3 aliphatic carbocycles. The van der Waals surface area contributed by atoms with Gasteiger partial charge in [0.15, 0.2) is 0 Å². The summed E-state index contributed by atoms with van der Waals surface area (Å²) >= 11 is -1.33. The van der Waals surface area contributed by atoms with Crippen molar-refractivity contribution in [1.29, 1.82) is 0 Å². The van der Waals surface area contributed by atoms with Crippen LogP contribution in [0.4, 0.5) is 0 Å². The molecule has 3 heteroatoms. The number of allylic oxidation sites excluding steroid dienone is 8.